The Morgan fingerprint density at radius 3 is 2.17 bits per heavy atom. The van der Waals surface area contributed by atoms with Crippen molar-refractivity contribution in [2.75, 3.05) is 6.61 Å². The Morgan fingerprint density at radius 2 is 1.60 bits per heavy atom. The lowest BCUT2D eigenvalue weighted by Crippen LogP contribution is -2.81. The van der Waals surface area contributed by atoms with E-state index in [-0.39, 0.29) is 42.8 Å². The molecule has 65 heavy (non-hydrogen) atoms. The largest absolute Gasteiger partial charge is 0.487 e. The van der Waals surface area contributed by atoms with Crippen molar-refractivity contribution in [3.8, 4) is 0 Å². The summed E-state index contributed by atoms with van der Waals surface area (Å²) >= 11 is 0. The number of carbonyl (C=O) groups is 5. The van der Waals surface area contributed by atoms with Crippen LogP contribution in [-0.2, 0) is 42.8 Å². The maximum absolute atomic E-state index is 15.2. The summed E-state index contributed by atoms with van der Waals surface area (Å²) < 4.78 is 37.0. The highest BCUT2D eigenvalue weighted by atomic mass is 16.6. The van der Waals surface area contributed by atoms with Crippen molar-refractivity contribution in [2.24, 2.45) is 16.7 Å². The van der Waals surface area contributed by atoms with Gasteiger partial charge in [0.2, 0.25) is 0 Å². The molecule has 1 amide bonds. The van der Waals surface area contributed by atoms with Gasteiger partial charge in [0.1, 0.15) is 47.4 Å². The normalized spacial score (nSPS) is 31.2. The molecule has 0 radical (unpaired) electrons. The molecule has 2 saturated carbocycles. The minimum atomic E-state index is -2.28. The molecule has 1 heterocycles. The van der Waals surface area contributed by atoms with E-state index < -0.39 is 106 Å². The predicted octanol–water partition coefficient (Wildman–Crippen LogP) is 6.38. The van der Waals surface area contributed by atoms with Gasteiger partial charge in [-0.3, -0.25) is 14.4 Å². The first-order valence-corrected chi connectivity index (χ1v) is 22.4. The van der Waals surface area contributed by atoms with Crippen LogP contribution >= 0.6 is 0 Å². The zero-order chi connectivity index (χ0) is 47.9. The number of unbranched alkanes of at least 4 members (excludes halogenated alkanes) is 2. The third-order valence-corrected chi connectivity index (χ3v) is 13.9. The summed E-state index contributed by atoms with van der Waals surface area (Å²) in [6.07, 6.45) is -8.03. The number of aliphatic hydroxyl groups excluding tert-OH is 2. The van der Waals surface area contributed by atoms with E-state index in [9.17, 15) is 34.5 Å². The molecule has 2 aromatic carbocycles. The standard InChI is InChI=1S/C50H65NO14/c1-11-12-15-24-36(54)62-40(38(31-20-16-13-17-21-31)51-45(58)65-46(5,6)7)29(3)61-33-26-50(59)43(63-44(57)32-22-18-14-19-23-32)41-48(10,42(56)39(55)37(28(33)2)47(50,8)9)34(53)25-35-49(41,27-60-35)64-30(4)52/h13-14,16-23,33-35,38-41,43,53,55,59H,3,11-12,15,24-27H2,1-2,4-10H3,(H,51,58)/t33-,34-,35+,38-,39+,40-,41?,43-,48+,49-,50+/m0/s1. The molecule has 3 fully saturated rings. The highest BCUT2D eigenvalue weighted by Gasteiger charge is 2.78. The zero-order valence-corrected chi connectivity index (χ0v) is 38.9. The van der Waals surface area contributed by atoms with Crippen LogP contribution in [0.1, 0.15) is 123 Å². The smallest absolute Gasteiger partial charge is 0.408 e. The number of ketones is 1. The van der Waals surface area contributed by atoms with Crippen LogP contribution in [0.15, 0.2) is 84.1 Å². The van der Waals surface area contributed by atoms with Gasteiger partial charge >= 0.3 is 24.0 Å². The van der Waals surface area contributed by atoms with Crippen LogP contribution in [0, 0.1) is 16.7 Å². The number of fused-ring (bicyclic) bond motifs is 5. The molecule has 354 valence electrons. The molecule has 3 aliphatic carbocycles. The molecule has 1 unspecified atom stereocenters. The molecule has 2 aromatic rings. The lowest BCUT2D eigenvalue weighted by molar-refractivity contribution is -0.346. The van der Waals surface area contributed by atoms with Crippen molar-refractivity contribution < 1.29 is 67.7 Å². The average Bonchev–Trinajstić information content (AvgIpc) is 3.23. The van der Waals surface area contributed by atoms with E-state index in [0.717, 1.165) is 12.8 Å². The Kier molecular flexibility index (Phi) is 14.2. The van der Waals surface area contributed by atoms with Crippen LogP contribution in [0.5, 0.6) is 0 Å². The van der Waals surface area contributed by atoms with Gasteiger partial charge in [-0.15, -0.1) is 0 Å². The lowest BCUT2D eigenvalue weighted by Gasteiger charge is -2.67. The van der Waals surface area contributed by atoms with E-state index in [4.69, 9.17) is 28.4 Å². The van der Waals surface area contributed by atoms with Crippen molar-refractivity contribution in [3.63, 3.8) is 0 Å². The average molecular weight is 904 g/mol. The lowest BCUT2D eigenvalue weighted by atomic mass is 9.44. The first-order valence-electron chi connectivity index (χ1n) is 22.4. The van der Waals surface area contributed by atoms with Gasteiger partial charge in [-0.25, -0.2) is 9.59 Å². The Balaban J connectivity index is 1.52. The number of rotatable bonds is 14. The van der Waals surface area contributed by atoms with Gasteiger partial charge in [-0.1, -0.05) is 88.7 Å². The van der Waals surface area contributed by atoms with E-state index in [1.54, 1.807) is 90.1 Å². The maximum Gasteiger partial charge on any atom is 0.408 e. The van der Waals surface area contributed by atoms with Crippen molar-refractivity contribution in [3.05, 3.63) is 95.3 Å². The molecule has 4 N–H and O–H groups in total. The van der Waals surface area contributed by atoms with Crippen molar-refractivity contribution >= 4 is 29.8 Å². The van der Waals surface area contributed by atoms with Gasteiger partial charge < -0.3 is 49.1 Å². The molecule has 11 atom stereocenters. The summed E-state index contributed by atoms with van der Waals surface area (Å²) in [4.78, 5) is 69.7. The number of benzene rings is 2. The van der Waals surface area contributed by atoms with Gasteiger partial charge in [0.25, 0.3) is 0 Å². The Morgan fingerprint density at radius 1 is 0.969 bits per heavy atom. The second kappa shape index (κ2) is 18.7. The highest BCUT2D eigenvalue weighted by molar-refractivity contribution is 5.94. The number of alkyl carbamates (subject to hydrolysis) is 1. The number of aliphatic hydroxyl groups is 3. The summed E-state index contributed by atoms with van der Waals surface area (Å²) in [7, 11) is 0. The SMILES string of the molecule is C=C(O[C@H]1C[C@@]2(O)[C@@H](OC(=O)c3ccccc3)C3[C@](C)(C(=O)[C@H](O)C(=C1C)C2(C)C)[C@@H](O)C[C@H]1OC[C@@]31OC(C)=O)[C@H](OC(=O)CCCCC)[C@@H](NC(=O)OC(C)(C)C)c1ccccc1. The van der Waals surface area contributed by atoms with Gasteiger partial charge in [0, 0.05) is 31.6 Å². The fourth-order valence-corrected chi connectivity index (χ4v) is 10.5. The molecular formula is C50H65NO14. The van der Waals surface area contributed by atoms with Crippen molar-refractivity contribution in [1.82, 2.24) is 5.32 Å². The van der Waals surface area contributed by atoms with E-state index in [0.29, 0.717) is 17.6 Å². The number of amides is 1. The molecule has 4 aliphatic rings. The predicted molar refractivity (Wildman–Crippen MR) is 236 cm³/mol. The number of ether oxygens (including phenoxy) is 6. The molecule has 1 saturated heterocycles. The fraction of sp³-hybridized carbons (Fsp3) is 0.580. The second-order valence-corrected chi connectivity index (χ2v) is 19.6. The molecule has 6 rings (SSSR count). The van der Waals surface area contributed by atoms with Gasteiger partial charge in [-0.2, -0.15) is 0 Å². The Bertz CT molecular complexity index is 2170. The third kappa shape index (κ3) is 9.21. The van der Waals surface area contributed by atoms with Gasteiger partial charge in [0.05, 0.1) is 29.6 Å². The highest BCUT2D eigenvalue weighted by Crippen LogP contribution is 2.64. The third-order valence-electron chi connectivity index (χ3n) is 13.9. The number of Topliss-reactive ketones (excluding diaryl/α,β-unsaturated/α-hetero) is 1. The van der Waals surface area contributed by atoms with Gasteiger partial charge in [-0.05, 0) is 69.9 Å². The van der Waals surface area contributed by atoms with Gasteiger partial charge in [0.15, 0.2) is 17.5 Å². The first kappa shape index (κ1) is 49.3. The van der Waals surface area contributed by atoms with E-state index in [2.05, 4.69) is 11.9 Å². The van der Waals surface area contributed by atoms with Crippen LogP contribution in [0.4, 0.5) is 4.79 Å². The van der Waals surface area contributed by atoms with E-state index >= 15 is 4.79 Å². The number of esters is 3. The minimum absolute atomic E-state index is 0.0369. The monoisotopic (exact) mass is 903 g/mol. The molecule has 15 heteroatoms. The number of hydrogen-bond donors (Lipinski definition) is 4. The summed E-state index contributed by atoms with van der Waals surface area (Å²) in [5, 5.41) is 41.0. The Labute approximate surface area is 380 Å². The number of nitrogens with one attached hydrogen (secondary N) is 1. The van der Waals surface area contributed by atoms with Crippen LogP contribution in [0.25, 0.3) is 0 Å². The van der Waals surface area contributed by atoms with Crippen molar-refractivity contribution in [1.29, 1.82) is 0 Å². The molecule has 0 aromatic heterocycles. The molecule has 1 aliphatic heterocycles. The molecule has 15 nitrogen and oxygen atoms in total. The summed E-state index contributed by atoms with van der Waals surface area (Å²) in [6.45, 7) is 18.6. The van der Waals surface area contributed by atoms with Crippen LogP contribution < -0.4 is 5.32 Å². The quantitative estimate of drug-likeness (QED) is 0.0533. The summed E-state index contributed by atoms with van der Waals surface area (Å²) in [5.41, 5.74) is -7.49. The summed E-state index contributed by atoms with van der Waals surface area (Å²) in [5.74, 6) is -4.73. The maximum atomic E-state index is 15.2. The second-order valence-electron chi connectivity index (χ2n) is 19.6. The zero-order valence-electron chi connectivity index (χ0n) is 38.9. The Hall–Kier alpha value is -5.09. The topological polar surface area (TPSA) is 213 Å². The minimum Gasteiger partial charge on any atom is -0.487 e. The molecule has 0 spiro atoms. The van der Waals surface area contributed by atoms with Crippen LogP contribution in [0.3, 0.4) is 0 Å². The molecule has 2 bridgehead atoms. The van der Waals surface area contributed by atoms with Crippen LogP contribution in [-0.4, -0.2) is 105 Å². The van der Waals surface area contributed by atoms with Crippen molar-refractivity contribution in [2.45, 2.75) is 160 Å². The number of hydrogen-bond acceptors (Lipinski definition) is 14. The van der Waals surface area contributed by atoms with E-state index in [1.165, 1.54) is 26.0 Å². The first-order chi connectivity index (χ1) is 30.4. The molecular weight excluding hydrogens is 839 g/mol. The van der Waals surface area contributed by atoms with Crippen LogP contribution in [0.2, 0.25) is 0 Å². The van der Waals surface area contributed by atoms with E-state index in [1.807, 2.05) is 6.92 Å². The fourth-order valence-electron chi connectivity index (χ4n) is 10.5. The number of carbonyl (C=O) groups excluding carboxylic acids is 5. The summed E-state index contributed by atoms with van der Waals surface area (Å²) in [6, 6.07) is 15.6.